The first-order valence-corrected chi connectivity index (χ1v) is 6.17. The van der Waals surface area contributed by atoms with E-state index < -0.39 is 29.1 Å². The lowest BCUT2D eigenvalue weighted by Gasteiger charge is -2.18. The molecule has 110 valence electrons. The predicted octanol–water partition coefficient (Wildman–Crippen LogP) is 0.962. The fourth-order valence-electron chi connectivity index (χ4n) is 1.82. The van der Waals surface area contributed by atoms with E-state index >= 15 is 0 Å². The number of hydrogen-bond donors (Lipinski definition) is 2. The maximum absolute atomic E-state index is 11.9. The Hall–Kier alpha value is -2.70. The van der Waals surface area contributed by atoms with Gasteiger partial charge in [-0.25, -0.2) is 0 Å². The van der Waals surface area contributed by atoms with E-state index in [1.165, 1.54) is 39.1 Å². The Labute approximate surface area is 120 Å². The third-order valence-corrected chi connectivity index (χ3v) is 3.45. The van der Waals surface area contributed by atoms with Crippen molar-refractivity contribution in [1.82, 2.24) is 4.90 Å². The summed E-state index contributed by atoms with van der Waals surface area (Å²) in [6.07, 6.45) is 0. The second-order valence-electron chi connectivity index (χ2n) is 5.31. The van der Waals surface area contributed by atoms with Gasteiger partial charge in [0.2, 0.25) is 5.91 Å². The lowest BCUT2D eigenvalue weighted by atomic mass is 9.92. The van der Waals surface area contributed by atoms with E-state index in [1.54, 1.807) is 0 Å². The molecular weight excluding hydrogens is 276 g/mol. The highest BCUT2D eigenvalue weighted by Crippen LogP contribution is 2.26. The topological polar surface area (TPSA) is 104 Å². The number of imide groups is 1. The fraction of sp³-hybridized carbons (Fsp3) is 0.286. The van der Waals surface area contributed by atoms with Crippen LogP contribution in [0, 0.1) is 5.41 Å². The van der Waals surface area contributed by atoms with E-state index in [-0.39, 0.29) is 16.8 Å². The van der Waals surface area contributed by atoms with E-state index in [4.69, 9.17) is 5.11 Å². The van der Waals surface area contributed by atoms with Crippen molar-refractivity contribution in [2.45, 2.75) is 13.8 Å². The Kier molecular flexibility index (Phi) is 3.29. The first kappa shape index (κ1) is 14.7. The number of aliphatic carboxylic acids is 1. The average molecular weight is 290 g/mol. The van der Waals surface area contributed by atoms with Crippen LogP contribution in [0.1, 0.15) is 34.6 Å². The van der Waals surface area contributed by atoms with Gasteiger partial charge in [0, 0.05) is 12.7 Å². The summed E-state index contributed by atoms with van der Waals surface area (Å²) in [6, 6.07) is 4.26. The minimum absolute atomic E-state index is 0.188. The van der Waals surface area contributed by atoms with Crippen molar-refractivity contribution in [1.29, 1.82) is 0 Å². The molecule has 0 unspecified atom stereocenters. The molecule has 7 nitrogen and oxygen atoms in total. The second kappa shape index (κ2) is 4.69. The van der Waals surface area contributed by atoms with E-state index in [0.717, 1.165) is 4.90 Å². The molecule has 0 fully saturated rings. The Morgan fingerprint density at radius 2 is 1.71 bits per heavy atom. The van der Waals surface area contributed by atoms with Crippen LogP contribution in [0.15, 0.2) is 18.2 Å². The number of rotatable bonds is 3. The van der Waals surface area contributed by atoms with Crippen LogP contribution in [0.5, 0.6) is 0 Å². The molecule has 0 saturated carbocycles. The maximum atomic E-state index is 11.9. The van der Waals surface area contributed by atoms with Gasteiger partial charge in [-0.05, 0) is 32.0 Å². The number of hydrogen-bond acceptors (Lipinski definition) is 4. The second-order valence-corrected chi connectivity index (χ2v) is 5.31. The number of nitrogens with zero attached hydrogens (tertiary/aromatic N) is 1. The Bertz CT molecular complexity index is 678. The summed E-state index contributed by atoms with van der Waals surface area (Å²) < 4.78 is 0. The van der Waals surface area contributed by atoms with Crippen molar-refractivity contribution < 1.29 is 24.3 Å². The zero-order chi connectivity index (χ0) is 15.9. The molecule has 0 aromatic heterocycles. The van der Waals surface area contributed by atoms with Gasteiger partial charge in [0.05, 0.1) is 11.1 Å². The summed E-state index contributed by atoms with van der Waals surface area (Å²) in [7, 11) is 1.37. The van der Waals surface area contributed by atoms with Crippen molar-refractivity contribution in [3.05, 3.63) is 29.3 Å². The Morgan fingerprint density at radius 3 is 2.29 bits per heavy atom. The molecular formula is C14H14N2O5. The van der Waals surface area contributed by atoms with Crippen LogP contribution in [0.3, 0.4) is 0 Å². The van der Waals surface area contributed by atoms with Crippen LogP contribution in [-0.2, 0) is 9.59 Å². The van der Waals surface area contributed by atoms with Gasteiger partial charge in [0.25, 0.3) is 11.8 Å². The number of amides is 3. The van der Waals surface area contributed by atoms with Crippen LogP contribution in [0.4, 0.5) is 5.69 Å². The molecule has 3 amide bonds. The molecule has 2 rings (SSSR count). The molecule has 0 radical (unpaired) electrons. The minimum atomic E-state index is -1.60. The van der Waals surface area contributed by atoms with E-state index in [1.807, 2.05) is 0 Å². The Morgan fingerprint density at radius 1 is 1.14 bits per heavy atom. The van der Waals surface area contributed by atoms with Gasteiger partial charge in [0.1, 0.15) is 5.41 Å². The summed E-state index contributed by atoms with van der Waals surface area (Å²) in [4.78, 5) is 47.5. The zero-order valence-corrected chi connectivity index (χ0v) is 11.8. The summed E-state index contributed by atoms with van der Waals surface area (Å²) in [5, 5.41) is 11.4. The number of carbonyl (C=O) groups excluding carboxylic acids is 3. The van der Waals surface area contributed by atoms with Crippen LogP contribution >= 0.6 is 0 Å². The van der Waals surface area contributed by atoms with Crippen LogP contribution in [0.25, 0.3) is 0 Å². The molecule has 0 aliphatic carbocycles. The average Bonchev–Trinajstić information content (AvgIpc) is 2.63. The van der Waals surface area contributed by atoms with Gasteiger partial charge in [-0.3, -0.25) is 24.1 Å². The molecule has 0 bridgehead atoms. The molecule has 1 aliphatic heterocycles. The summed E-state index contributed by atoms with van der Waals surface area (Å²) in [6.45, 7) is 2.56. The van der Waals surface area contributed by atoms with Gasteiger partial charge in [-0.15, -0.1) is 0 Å². The summed E-state index contributed by atoms with van der Waals surface area (Å²) in [5.74, 6) is -2.82. The monoisotopic (exact) mass is 290 g/mol. The minimum Gasteiger partial charge on any atom is -0.480 e. The molecule has 1 heterocycles. The zero-order valence-electron chi connectivity index (χ0n) is 11.8. The normalized spacial score (nSPS) is 14.1. The highest BCUT2D eigenvalue weighted by molar-refractivity contribution is 6.21. The van der Waals surface area contributed by atoms with Crippen molar-refractivity contribution in [2.24, 2.45) is 5.41 Å². The highest BCUT2D eigenvalue weighted by atomic mass is 16.4. The number of carbonyl (C=O) groups is 4. The third kappa shape index (κ3) is 2.26. The third-order valence-electron chi connectivity index (χ3n) is 3.45. The number of anilines is 1. The molecule has 1 aromatic carbocycles. The van der Waals surface area contributed by atoms with Gasteiger partial charge in [-0.2, -0.15) is 0 Å². The SMILES string of the molecule is CN1C(=O)c2ccc(NC(=O)C(C)(C)C(=O)O)cc2C1=O. The van der Waals surface area contributed by atoms with E-state index in [9.17, 15) is 19.2 Å². The van der Waals surface area contributed by atoms with Crippen LogP contribution in [0.2, 0.25) is 0 Å². The first-order valence-electron chi connectivity index (χ1n) is 6.17. The number of benzene rings is 1. The first-order chi connectivity index (χ1) is 9.66. The van der Waals surface area contributed by atoms with Crippen LogP contribution < -0.4 is 5.32 Å². The maximum Gasteiger partial charge on any atom is 0.318 e. The molecule has 1 aromatic rings. The molecule has 0 spiro atoms. The molecule has 7 heteroatoms. The van der Waals surface area contributed by atoms with E-state index in [0.29, 0.717) is 0 Å². The number of carboxylic acid groups (broad SMARTS) is 1. The molecule has 1 aliphatic rings. The molecule has 0 atom stereocenters. The van der Waals surface area contributed by atoms with Gasteiger partial charge in [0.15, 0.2) is 0 Å². The van der Waals surface area contributed by atoms with Gasteiger partial charge >= 0.3 is 5.97 Å². The number of fused-ring (bicyclic) bond motifs is 1. The summed E-state index contributed by atoms with van der Waals surface area (Å²) >= 11 is 0. The number of carboxylic acids is 1. The van der Waals surface area contributed by atoms with Crippen molar-refractivity contribution in [3.8, 4) is 0 Å². The largest absolute Gasteiger partial charge is 0.480 e. The van der Waals surface area contributed by atoms with Crippen molar-refractivity contribution in [3.63, 3.8) is 0 Å². The Balaban J connectivity index is 2.30. The molecule has 2 N–H and O–H groups in total. The molecule has 0 saturated heterocycles. The number of nitrogens with one attached hydrogen (secondary N) is 1. The smallest absolute Gasteiger partial charge is 0.318 e. The lowest BCUT2D eigenvalue weighted by molar-refractivity contribution is -0.151. The van der Waals surface area contributed by atoms with Gasteiger partial charge < -0.3 is 10.4 Å². The highest BCUT2D eigenvalue weighted by Gasteiger charge is 2.37. The van der Waals surface area contributed by atoms with E-state index in [2.05, 4.69) is 5.32 Å². The summed E-state index contributed by atoms with van der Waals surface area (Å²) in [5.41, 5.74) is -0.883. The lowest BCUT2D eigenvalue weighted by Crippen LogP contribution is -2.37. The quantitative estimate of drug-likeness (QED) is 0.637. The molecule has 21 heavy (non-hydrogen) atoms. The van der Waals surface area contributed by atoms with Gasteiger partial charge in [-0.1, -0.05) is 0 Å². The fourth-order valence-corrected chi connectivity index (χ4v) is 1.82. The van der Waals surface area contributed by atoms with Crippen molar-refractivity contribution in [2.75, 3.05) is 12.4 Å². The predicted molar refractivity (Wildman–Crippen MR) is 72.9 cm³/mol. The standard InChI is InChI=1S/C14H14N2O5/c1-14(2,13(20)21)12(19)15-7-4-5-8-9(6-7)11(18)16(3)10(8)17/h4-6H,1-3H3,(H,15,19)(H,20,21). The van der Waals surface area contributed by atoms with Crippen molar-refractivity contribution >= 4 is 29.4 Å². The van der Waals surface area contributed by atoms with Crippen LogP contribution in [-0.4, -0.2) is 40.7 Å².